The second-order valence-electron chi connectivity index (χ2n) is 9.10. The van der Waals surface area contributed by atoms with Gasteiger partial charge in [0, 0.05) is 0 Å². The molecule has 0 bridgehead atoms. The highest BCUT2D eigenvalue weighted by Gasteiger charge is 2.40. The molecule has 1 aliphatic rings. The Morgan fingerprint density at radius 2 is 1.35 bits per heavy atom. The molecule has 34 heavy (non-hydrogen) atoms. The zero-order chi connectivity index (χ0) is 25.0. The van der Waals surface area contributed by atoms with Crippen LogP contribution in [0, 0.1) is 0 Å². The van der Waals surface area contributed by atoms with Crippen LogP contribution in [0.3, 0.4) is 0 Å². The first kappa shape index (κ1) is 30.2. The molecule has 8 heteroatoms. The molecule has 3 N–H and O–H groups in total. The Morgan fingerprint density at radius 1 is 0.882 bits per heavy atom. The normalized spacial score (nSPS) is 16.6. The van der Waals surface area contributed by atoms with Crippen molar-refractivity contribution in [1.82, 2.24) is 0 Å². The molecule has 0 saturated carbocycles. The van der Waals surface area contributed by atoms with Crippen molar-refractivity contribution in [3.8, 4) is 0 Å². The number of aliphatic hydroxyl groups is 3. The maximum absolute atomic E-state index is 11.8. The molecular formula is C26H46O8. The minimum Gasteiger partial charge on any atom is -0.499 e. The summed E-state index contributed by atoms with van der Waals surface area (Å²) in [7, 11) is 0. The molecule has 0 aromatic heterocycles. The molecule has 0 amide bonds. The number of ether oxygens (including phenoxy) is 3. The Kier molecular flexibility index (Phi) is 17.3. The lowest BCUT2D eigenvalue weighted by Crippen LogP contribution is -2.33. The van der Waals surface area contributed by atoms with E-state index in [0.717, 1.165) is 19.3 Å². The van der Waals surface area contributed by atoms with Crippen molar-refractivity contribution in [1.29, 1.82) is 0 Å². The molecule has 0 saturated heterocycles. The number of aliphatic hydroxyl groups excluding tert-OH is 3. The molecule has 0 aromatic carbocycles. The van der Waals surface area contributed by atoms with Gasteiger partial charge in [-0.05, 0) is 6.42 Å². The number of cyclic esters (lactones) is 1. The zero-order valence-corrected chi connectivity index (χ0v) is 21.0. The number of carbonyl (C=O) groups excluding carboxylic acids is 2. The maximum atomic E-state index is 11.8. The molecular weight excluding hydrogens is 440 g/mol. The molecule has 8 nitrogen and oxygen atoms in total. The highest BCUT2D eigenvalue weighted by molar-refractivity contribution is 5.89. The first-order valence-corrected chi connectivity index (χ1v) is 13.2. The summed E-state index contributed by atoms with van der Waals surface area (Å²) in [4.78, 5) is 23.2. The number of unbranched alkanes of at least 4 members (excludes halogenated alkanes) is 15. The van der Waals surface area contributed by atoms with Crippen LogP contribution >= 0.6 is 0 Å². The summed E-state index contributed by atoms with van der Waals surface area (Å²) in [6, 6.07) is 0. The fraction of sp³-hybridized carbons (Fsp3) is 0.846. The first-order chi connectivity index (χ1) is 16.5. The van der Waals surface area contributed by atoms with E-state index in [-0.39, 0.29) is 12.4 Å². The molecule has 0 radical (unpaired) electrons. The van der Waals surface area contributed by atoms with Gasteiger partial charge in [-0.3, -0.25) is 0 Å². The van der Waals surface area contributed by atoms with Crippen LogP contribution in [0.25, 0.3) is 0 Å². The van der Waals surface area contributed by atoms with Crippen molar-refractivity contribution < 1.29 is 39.1 Å². The first-order valence-electron chi connectivity index (χ1n) is 13.2. The van der Waals surface area contributed by atoms with Gasteiger partial charge >= 0.3 is 11.9 Å². The monoisotopic (exact) mass is 486 g/mol. The van der Waals surface area contributed by atoms with E-state index in [9.17, 15) is 19.8 Å². The second-order valence-corrected chi connectivity index (χ2v) is 9.10. The van der Waals surface area contributed by atoms with Crippen LogP contribution in [0.2, 0.25) is 0 Å². The van der Waals surface area contributed by atoms with E-state index in [1.165, 1.54) is 83.5 Å². The minimum atomic E-state index is -1.45. The van der Waals surface area contributed by atoms with E-state index in [0.29, 0.717) is 0 Å². The van der Waals surface area contributed by atoms with Gasteiger partial charge in [0.05, 0.1) is 13.2 Å². The van der Waals surface area contributed by atoms with Gasteiger partial charge < -0.3 is 29.5 Å². The number of esters is 2. The zero-order valence-electron chi connectivity index (χ0n) is 21.0. The van der Waals surface area contributed by atoms with Crippen molar-refractivity contribution >= 4 is 11.9 Å². The highest BCUT2D eigenvalue weighted by Crippen LogP contribution is 2.24. The Morgan fingerprint density at radius 3 is 1.82 bits per heavy atom. The van der Waals surface area contributed by atoms with E-state index >= 15 is 0 Å². The van der Waals surface area contributed by atoms with Crippen LogP contribution < -0.4 is 0 Å². The molecule has 0 aromatic rings. The van der Waals surface area contributed by atoms with Crippen molar-refractivity contribution in [2.75, 3.05) is 19.8 Å². The van der Waals surface area contributed by atoms with E-state index in [4.69, 9.17) is 19.3 Å². The van der Waals surface area contributed by atoms with Gasteiger partial charge in [0.2, 0.25) is 5.76 Å². The molecule has 0 aliphatic carbocycles. The number of rotatable bonds is 22. The van der Waals surface area contributed by atoms with Crippen molar-refractivity contribution in [2.45, 2.75) is 122 Å². The fourth-order valence-electron chi connectivity index (χ4n) is 3.97. The third kappa shape index (κ3) is 13.2. The van der Waals surface area contributed by atoms with Crippen LogP contribution in [0.4, 0.5) is 0 Å². The third-order valence-electron chi connectivity index (χ3n) is 6.06. The highest BCUT2D eigenvalue weighted by atomic mass is 16.6. The number of hydrogen-bond donors (Lipinski definition) is 3. The summed E-state index contributed by atoms with van der Waals surface area (Å²) in [6.07, 6.45) is 17.5. The average Bonchev–Trinajstić information content (AvgIpc) is 3.12. The van der Waals surface area contributed by atoms with Gasteiger partial charge in [-0.25, -0.2) is 9.59 Å². The number of carbonyl (C=O) groups is 2. The minimum absolute atomic E-state index is 0.282. The van der Waals surface area contributed by atoms with E-state index < -0.39 is 43.1 Å². The molecule has 2 atom stereocenters. The molecule has 198 valence electrons. The predicted octanol–water partition coefficient (Wildman–Crippen LogP) is 4.86. The lowest BCUT2D eigenvalue weighted by atomic mass is 10.0. The topological polar surface area (TPSA) is 123 Å². The largest absolute Gasteiger partial charge is 0.499 e. The van der Waals surface area contributed by atoms with Gasteiger partial charge in [-0.2, -0.15) is 0 Å². The maximum Gasteiger partial charge on any atom is 0.378 e. The van der Waals surface area contributed by atoms with Crippen LogP contribution in [0.5, 0.6) is 0 Å². The Bertz CT molecular complexity index is 589. The molecule has 0 unspecified atom stereocenters. The molecule has 0 spiro atoms. The third-order valence-corrected chi connectivity index (χ3v) is 6.06. The summed E-state index contributed by atoms with van der Waals surface area (Å²) in [5.41, 5.74) is 0. The van der Waals surface area contributed by atoms with E-state index in [2.05, 4.69) is 6.92 Å². The molecule has 1 rings (SSSR count). The smallest absolute Gasteiger partial charge is 0.378 e. The van der Waals surface area contributed by atoms with Gasteiger partial charge in [0.15, 0.2) is 18.5 Å². The Labute approximate surface area is 204 Å². The summed E-state index contributed by atoms with van der Waals surface area (Å²) >= 11 is 0. The van der Waals surface area contributed by atoms with E-state index in [1.54, 1.807) is 0 Å². The van der Waals surface area contributed by atoms with Crippen LogP contribution in [-0.4, -0.2) is 59.3 Å². The molecule has 1 heterocycles. The Balaban J connectivity index is 1.92. The lowest BCUT2D eigenvalue weighted by molar-refractivity contribution is -0.150. The standard InChI is InChI=1S/C26H46O8/c1-2-3-4-5-6-7-8-9-10-11-12-13-14-15-16-17-18-32-22(29)20-33-25-23(30)26(31)34-24(25)21(28)19-27/h21,24,27-28,30H,2-20H2,1H3/t21-,24+/m0/s1. The van der Waals surface area contributed by atoms with Gasteiger partial charge in [0.25, 0.3) is 0 Å². The molecule has 1 aliphatic heterocycles. The van der Waals surface area contributed by atoms with Crippen LogP contribution in [0.15, 0.2) is 11.5 Å². The van der Waals surface area contributed by atoms with Crippen molar-refractivity contribution in [2.24, 2.45) is 0 Å². The molecule has 0 fully saturated rings. The summed E-state index contributed by atoms with van der Waals surface area (Å²) < 4.78 is 14.9. The number of hydrogen-bond acceptors (Lipinski definition) is 8. The van der Waals surface area contributed by atoms with Gasteiger partial charge in [-0.15, -0.1) is 0 Å². The summed E-state index contributed by atoms with van der Waals surface area (Å²) in [5.74, 6) is -2.90. The van der Waals surface area contributed by atoms with Gasteiger partial charge in [0.1, 0.15) is 6.10 Å². The van der Waals surface area contributed by atoms with Crippen LogP contribution in [0.1, 0.15) is 110 Å². The van der Waals surface area contributed by atoms with Gasteiger partial charge in [-0.1, -0.05) is 103 Å². The summed E-state index contributed by atoms with van der Waals surface area (Å²) in [6.45, 7) is 1.32. The van der Waals surface area contributed by atoms with E-state index in [1.807, 2.05) is 0 Å². The Hall–Kier alpha value is -1.80. The lowest BCUT2D eigenvalue weighted by Gasteiger charge is -2.17. The summed E-state index contributed by atoms with van der Waals surface area (Å²) in [5, 5.41) is 28.3. The fourth-order valence-corrected chi connectivity index (χ4v) is 3.97. The van der Waals surface area contributed by atoms with Crippen LogP contribution in [-0.2, 0) is 23.8 Å². The predicted molar refractivity (Wildman–Crippen MR) is 129 cm³/mol. The van der Waals surface area contributed by atoms with Crippen molar-refractivity contribution in [3.05, 3.63) is 11.5 Å². The van der Waals surface area contributed by atoms with Crippen molar-refractivity contribution in [3.63, 3.8) is 0 Å². The average molecular weight is 487 g/mol. The second kappa shape index (κ2) is 19.5. The SMILES string of the molecule is CCCCCCCCCCCCCCCCCCOC(=O)COC1=C(O)C(=O)O[C@@H]1[C@@H](O)CO. The quantitative estimate of drug-likeness (QED) is 0.147.